The van der Waals surface area contributed by atoms with E-state index < -0.39 is 28.5 Å². The van der Waals surface area contributed by atoms with Gasteiger partial charge in [-0.2, -0.15) is 0 Å². The molecule has 10 heteroatoms. The summed E-state index contributed by atoms with van der Waals surface area (Å²) < 4.78 is 28.9. The highest BCUT2D eigenvalue weighted by molar-refractivity contribution is 7.92. The second-order valence-electron chi connectivity index (χ2n) is 9.65. The predicted octanol–water partition coefficient (Wildman–Crippen LogP) is 6.22. The molecule has 0 aromatic heterocycles. The van der Waals surface area contributed by atoms with Gasteiger partial charge in [0.1, 0.15) is 12.6 Å². The van der Waals surface area contributed by atoms with Crippen molar-refractivity contribution in [2.75, 3.05) is 10.8 Å². The number of hydrogen-bond donors (Lipinski definition) is 1. The topological polar surface area (TPSA) is 86.8 Å². The molecule has 3 rings (SSSR count). The molecule has 0 fully saturated rings. The molecule has 0 bridgehead atoms. The van der Waals surface area contributed by atoms with Crippen LogP contribution in [0.3, 0.4) is 0 Å². The zero-order valence-electron chi connectivity index (χ0n) is 23.1. The fraction of sp³-hybridized carbons (Fsp3) is 0.333. The molecule has 0 unspecified atom stereocenters. The van der Waals surface area contributed by atoms with Gasteiger partial charge in [0.2, 0.25) is 11.8 Å². The Balaban J connectivity index is 2.08. The number of halogens is 2. The first-order chi connectivity index (χ1) is 19.0. The highest BCUT2D eigenvalue weighted by atomic mass is 35.5. The number of carbonyl (C=O) groups is 2. The number of rotatable bonds is 12. The summed E-state index contributed by atoms with van der Waals surface area (Å²) in [5, 5.41) is 3.84. The molecule has 0 saturated heterocycles. The number of nitrogens with one attached hydrogen (secondary N) is 1. The van der Waals surface area contributed by atoms with E-state index in [1.54, 1.807) is 61.5 Å². The van der Waals surface area contributed by atoms with Crippen LogP contribution in [0.15, 0.2) is 77.7 Å². The zero-order chi connectivity index (χ0) is 29.4. The van der Waals surface area contributed by atoms with Crippen molar-refractivity contribution in [3.63, 3.8) is 0 Å². The van der Waals surface area contributed by atoms with E-state index in [9.17, 15) is 18.0 Å². The molecule has 1 N–H and O–H groups in total. The van der Waals surface area contributed by atoms with E-state index in [4.69, 9.17) is 23.2 Å². The van der Waals surface area contributed by atoms with Crippen molar-refractivity contribution in [1.82, 2.24) is 10.2 Å². The molecule has 3 aromatic carbocycles. The average Bonchev–Trinajstić information content (AvgIpc) is 2.94. The van der Waals surface area contributed by atoms with Crippen LogP contribution in [0, 0.1) is 6.92 Å². The summed E-state index contributed by atoms with van der Waals surface area (Å²) in [5.74, 6) is -0.824. The summed E-state index contributed by atoms with van der Waals surface area (Å²) in [6.07, 6.45) is 1.06. The monoisotopic (exact) mass is 603 g/mol. The SMILES string of the molecule is CC[C@H](C(=O)N[C@@H](C)CC)N(Cc1ccc(Cl)cc1)C(=O)CN(c1cc(Cl)ccc1C)S(=O)(=O)c1ccccc1. The third-order valence-electron chi connectivity index (χ3n) is 6.70. The summed E-state index contributed by atoms with van der Waals surface area (Å²) in [7, 11) is -4.17. The van der Waals surface area contributed by atoms with Crippen molar-refractivity contribution < 1.29 is 18.0 Å². The van der Waals surface area contributed by atoms with Crippen LogP contribution in [0.2, 0.25) is 10.0 Å². The molecule has 2 atom stereocenters. The number of aryl methyl sites for hydroxylation is 1. The predicted molar refractivity (Wildman–Crippen MR) is 161 cm³/mol. The molecule has 0 aliphatic heterocycles. The van der Waals surface area contributed by atoms with Gasteiger partial charge >= 0.3 is 0 Å². The quantitative estimate of drug-likeness (QED) is 0.266. The van der Waals surface area contributed by atoms with Crippen molar-refractivity contribution in [2.45, 2.75) is 64.1 Å². The number of carbonyl (C=O) groups excluding carboxylic acids is 2. The van der Waals surface area contributed by atoms with Gasteiger partial charge in [-0.25, -0.2) is 8.42 Å². The van der Waals surface area contributed by atoms with E-state index in [-0.39, 0.29) is 29.1 Å². The molecule has 7 nitrogen and oxygen atoms in total. The largest absolute Gasteiger partial charge is 0.352 e. The Morgan fingerprint density at radius 2 is 1.52 bits per heavy atom. The van der Waals surface area contributed by atoms with E-state index in [0.29, 0.717) is 22.0 Å². The Bertz CT molecular complexity index is 1420. The maximum atomic E-state index is 14.1. The van der Waals surface area contributed by atoms with Crippen LogP contribution in [0.5, 0.6) is 0 Å². The van der Waals surface area contributed by atoms with E-state index >= 15 is 0 Å². The Morgan fingerprint density at radius 1 is 0.900 bits per heavy atom. The van der Waals surface area contributed by atoms with Crippen molar-refractivity contribution in [3.05, 3.63) is 94.0 Å². The lowest BCUT2D eigenvalue weighted by atomic mass is 10.1. The Labute approximate surface area is 247 Å². The van der Waals surface area contributed by atoms with Crippen LogP contribution in [-0.4, -0.2) is 43.8 Å². The minimum Gasteiger partial charge on any atom is -0.352 e. The van der Waals surface area contributed by atoms with E-state index in [2.05, 4.69) is 5.32 Å². The maximum Gasteiger partial charge on any atom is 0.264 e. The molecule has 3 aromatic rings. The number of nitrogens with zero attached hydrogens (tertiary/aromatic N) is 2. The minimum atomic E-state index is -4.17. The van der Waals surface area contributed by atoms with Gasteiger partial charge in [-0.15, -0.1) is 0 Å². The Kier molecular flexibility index (Phi) is 11.0. The van der Waals surface area contributed by atoms with Gasteiger partial charge in [-0.3, -0.25) is 13.9 Å². The van der Waals surface area contributed by atoms with Crippen molar-refractivity contribution >= 4 is 50.7 Å². The van der Waals surface area contributed by atoms with Crippen LogP contribution in [0.4, 0.5) is 5.69 Å². The molecule has 2 amide bonds. The molecule has 0 heterocycles. The summed E-state index contributed by atoms with van der Waals surface area (Å²) in [6, 6.07) is 18.9. The summed E-state index contributed by atoms with van der Waals surface area (Å²) in [6.45, 7) is 7.00. The van der Waals surface area contributed by atoms with Gasteiger partial charge < -0.3 is 10.2 Å². The second-order valence-corrected chi connectivity index (χ2v) is 12.4. The second kappa shape index (κ2) is 14.0. The molecule has 0 aliphatic carbocycles. The first-order valence-electron chi connectivity index (χ1n) is 13.2. The van der Waals surface area contributed by atoms with E-state index in [0.717, 1.165) is 16.3 Å². The number of anilines is 1. The van der Waals surface area contributed by atoms with Gasteiger partial charge in [0, 0.05) is 22.6 Å². The zero-order valence-corrected chi connectivity index (χ0v) is 25.4. The fourth-order valence-electron chi connectivity index (χ4n) is 4.23. The van der Waals surface area contributed by atoms with Crippen molar-refractivity contribution in [1.29, 1.82) is 0 Å². The number of sulfonamides is 1. The fourth-order valence-corrected chi connectivity index (χ4v) is 6.02. The summed E-state index contributed by atoms with van der Waals surface area (Å²) >= 11 is 12.3. The third kappa shape index (κ3) is 7.77. The lowest BCUT2D eigenvalue weighted by molar-refractivity contribution is -0.140. The smallest absolute Gasteiger partial charge is 0.264 e. The van der Waals surface area contributed by atoms with Gasteiger partial charge in [-0.05, 0) is 74.2 Å². The summed E-state index contributed by atoms with van der Waals surface area (Å²) in [4.78, 5) is 28.9. The molecule has 0 saturated carbocycles. The average molecular weight is 605 g/mol. The summed E-state index contributed by atoms with van der Waals surface area (Å²) in [5.41, 5.74) is 1.67. The van der Waals surface area contributed by atoms with Crippen LogP contribution in [0.1, 0.15) is 44.7 Å². The minimum absolute atomic E-state index is 0.0352. The van der Waals surface area contributed by atoms with Crippen molar-refractivity contribution in [3.8, 4) is 0 Å². The maximum absolute atomic E-state index is 14.1. The highest BCUT2D eigenvalue weighted by Gasteiger charge is 2.34. The molecular weight excluding hydrogens is 569 g/mol. The van der Waals surface area contributed by atoms with E-state index in [1.165, 1.54) is 23.1 Å². The molecule has 0 spiro atoms. The van der Waals surface area contributed by atoms with Gasteiger partial charge in [0.15, 0.2) is 0 Å². The Hall–Kier alpha value is -3.07. The van der Waals surface area contributed by atoms with Crippen LogP contribution < -0.4 is 9.62 Å². The third-order valence-corrected chi connectivity index (χ3v) is 8.96. The van der Waals surface area contributed by atoms with Crippen LogP contribution >= 0.6 is 23.2 Å². The first-order valence-corrected chi connectivity index (χ1v) is 15.4. The Morgan fingerprint density at radius 3 is 2.12 bits per heavy atom. The molecule has 0 aliphatic rings. The standard InChI is InChI=1S/C30H35Cl2N3O4S/c1-5-22(4)33-30(37)27(6-2)34(19-23-13-16-24(31)17-14-23)29(36)20-35(28-18-25(32)15-12-21(28)3)40(38,39)26-10-8-7-9-11-26/h7-18,22,27H,5-6,19-20H2,1-4H3,(H,33,37)/t22-,27+/m0/s1. The number of amides is 2. The van der Waals surface area contributed by atoms with Crippen LogP contribution in [0.25, 0.3) is 0 Å². The van der Waals surface area contributed by atoms with Crippen molar-refractivity contribution in [2.24, 2.45) is 0 Å². The molecular formula is C30H35Cl2N3O4S. The number of benzene rings is 3. The van der Waals surface area contributed by atoms with E-state index in [1.807, 2.05) is 20.8 Å². The molecule has 40 heavy (non-hydrogen) atoms. The normalized spacial score (nSPS) is 12.8. The molecule has 214 valence electrons. The molecule has 0 radical (unpaired) electrons. The lowest BCUT2D eigenvalue weighted by Crippen LogP contribution is -2.53. The van der Waals surface area contributed by atoms with Crippen LogP contribution in [-0.2, 0) is 26.2 Å². The lowest BCUT2D eigenvalue weighted by Gasteiger charge is -2.34. The van der Waals surface area contributed by atoms with Gasteiger partial charge in [0.05, 0.1) is 10.6 Å². The van der Waals surface area contributed by atoms with Gasteiger partial charge in [-0.1, -0.05) is 73.4 Å². The first kappa shape index (κ1) is 31.5. The number of hydrogen-bond acceptors (Lipinski definition) is 4. The van der Waals surface area contributed by atoms with Gasteiger partial charge in [0.25, 0.3) is 10.0 Å². The highest BCUT2D eigenvalue weighted by Crippen LogP contribution is 2.30.